The Kier molecular flexibility index (Phi) is 7.20. The molecular formula is C9H16BrClN2O2S2. The lowest BCUT2D eigenvalue weighted by Gasteiger charge is -2.11. The van der Waals surface area contributed by atoms with E-state index in [0.29, 0.717) is 11.4 Å². The van der Waals surface area contributed by atoms with Gasteiger partial charge >= 0.3 is 0 Å². The van der Waals surface area contributed by atoms with Gasteiger partial charge in [0.15, 0.2) is 0 Å². The highest BCUT2D eigenvalue weighted by atomic mass is 79.9. The van der Waals surface area contributed by atoms with Gasteiger partial charge in [0.05, 0.1) is 8.68 Å². The van der Waals surface area contributed by atoms with Gasteiger partial charge < -0.3 is 5.32 Å². The Morgan fingerprint density at radius 3 is 2.53 bits per heavy atom. The fraction of sp³-hybridized carbons (Fsp3) is 0.556. The van der Waals surface area contributed by atoms with E-state index in [1.807, 2.05) is 6.92 Å². The first-order chi connectivity index (χ1) is 7.36. The smallest absolute Gasteiger partial charge is 0.241 e. The van der Waals surface area contributed by atoms with Gasteiger partial charge in [0, 0.05) is 17.5 Å². The molecule has 8 heteroatoms. The molecule has 0 spiro atoms. The number of hydrogen-bond donors (Lipinski definition) is 2. The molecule has 2 N–H and O–H groups in total. The van der Waals surface area contributed by atoms with Gasteiger partial charge in [-0.2, -0.15) is 0 Å². The maximum atomic E-state index is 11.9. The molecule has 0 aromatic carbocycles. The number of hydrogen-bond acceptors (Lipinski definition) is 4. The van der Waals surface area contributed by atoms with E-state index < -0.39 is 10.0 Å². The Labute approximate surface area is 121 Å². The summed E-state index contributed by atoms with van der Waals surface area (Å²) in [7, 11) is -1.59. The van der Waals surface area contributed by atoms with Crippen LogP contribution in [0.1, 0.15) is 11.8 Å². The monoisotopic (exact) mass is 362 g/mol. The van der Waals surface area contributed by atoms with Crippen molar-refractivity contribution in [2.75, 3.05) is 13.6 Å². The van der Waals surface area contributed by atoms with Gasteiger partial charge in [-0.15, -0.1) is 23.7 Å². The van der Waals surface area contributed by atoms with Crippen LogP contribution in [-0.4, -0.2) is 28.1 Å². The minimum absolute atomic E-state index is 0. The summed E-state index contributed by atoms with van der Waals surface area (Å²) in [5.41, 5.74) is 0. The van der Waals surface area contributed by atoms with Crippen LogP contribution in [0.3, 0.4) is 0 Å². The molecule has 0 aliphatic heterocycles. The summed E-state index contributed by atoms with van der Waals surface area (Å²) in [6, 6.07) is 1.74. The van der Waals surface area contributed by atoms with Crippen molar-refractivity contribution in [1.29, 1.82) is 0 Å². The molecule has 0 saturated heterocycles. The molecule has 0 aliphatic rings. The highest BCUT2D eigenvalue weighted by molar-refractivity contribution is 9.11. The average Bonchev–Trinajstić information content (AvgIpc) is 2.55. The Balaban J connectivity index is 0.00000256. The zero-order valence-corrected chi connectivity index (χ0v) is 13.8. The van der Waals surface area contributed by atoms with Crippen molar-refractivity contribution in [2.45, 2.75) is 24.8 Å². The highest BCUT2D eigenvalue weighted by Gasteiger charge is 2.19. The first-order valence-electron chi connectivity index (χ1n) is 4.79. The van der Waals surface area contributed by atoms with Crippen molar-refractivity contribution in [3.05, 3.63) is 14.7 Å². The Bertz CT molecular complexity index is 462. The number of halogens is 2. The third kappa shape index (κ3) is 4.84. The van der Waals surface area contributed by atoms with Gasteiger partial charge in [-0.3, -0.25) is 0 Å². The molecule has 0 fully saturated rings. The Hall–Kier alpha value is 0.340. The van der Waals surface area contributed by atoms with E-state index in [9.17, 15) is 8.42 Å². The van der Waals surface area contributed by atoms with Crippen LogP contribution in [-0.2, 0) is 10.0 Å². The summed E-state index contributed by atoms with van der Waals surface area (Å²) in [5, 5.41) is 2.98. The SMILES string of the molecule is CNC(C)CNS(=O)(=O)c1cc(Br)sc1C.Cl. The average molecular weight is 364 g/mol. The topological polar surface area (TPSA) is 58.2 Å². The van der Waals surface area contributed by atoms with Gasteiger partial charge in [-0.1, -0.05) is 0 Å². The predicted molar refractivity (Wildman–Crippen MR) is 77.7 cm³/mol. The number of aryl methyl sites for hydroxylation is 1. The third-order valence-corrected chi connectivity index (χ3v) is 5.44. The van der Waals surface area contributed by atoms with Crippen LogP contribution in [0.4, 0.5) is 0 Å². The molecule has 1 aromatic rings. The summed E-state index contributed by atoms with van der Waals surface area (Å²) >= 11 is 4.70. The maximum absolute atomic E-state index is 11.9. The van der Waals surface area contributed by atoms with Crippen molar-refractivity contribution < 1.29 is 8.42 Å². The predicted octanol–water partition coefficient (Wildman–Crippen LogP) is 2.13. The zero-order valence-electron chi connectivity index (χ0n) is 9.78. The number of rotatable bonds is 5. The lowest BCUT2D eigenvalue weighted by molar-refractivity contribution is 0.554. The molecule has 0 radical (unpaired) electrons. The molecule has 1 unspecified atom stereocenters. The van der Waals surface area contributed by atoms with Crippen molar-refractivity contribution >= 4 is 49.7 Å². The lowest BCUT2D eigenvalue weighted by atomic mass is 10.4. The van der Waals surface area contributed by atoms with E-state index in [2.05, 4.69) is 26.0 Å². The van der Waals surface area contributed by atoms with Crippen molar-refractivity contribution in [3.63, 3.8) is 0 Å². The van der Waals surface area contributed by atoms with Crippen LogP contribution in [0.5, 0.6) is 0 Å². The molecule has 4 nitrogen and oxygen atoms in total. The fourth-order valence-electron chi connectivity index (χ4n) is 1.11. The van der Waals surface area contributed by atoms with Crippen molar-refractivity contribution in [1.82, 2.24) is 10.0 Å². The third-order valence-electron chi connectivity index (χ3n) is 2.20. The Morgan fingerprint density at radius 2 is 2.12 bits per heavy atom. The van der Waals surface area contributed by atoms with E-state index in [0.717, 1.165) is 8.66 Å². The second kappa shape index (κ2) is 7.06. The normalized spacial score (nSPS) is 13.2. The van der Waals surface area contributed by atoms with Crippen LogP contribution in [0.15, 0.2) is 14.7 Å². The number of sulfonamides is 1. The van der Waals surface area contributed by atoms with E-state index in [-0.39, 0.29) is 18.4 Å². The Morgan fingerprint density at radius 1 is 1.53 bits per heavy atom. The molecular weight excluding hydrogens is 348 g/mol. The van der Waals surface area contributed by atoms with Crippen LogP contribution in [0, 0.1) is 6.92 Å². The van der Waals surface area contributed by atoms with Crippen LogP contribution < -0.4 is 10.0 Å². The molecule has 17 heavy (non-hydrogen) atoms. The van der Waals surface area contributed by atoms with Gasteiger partial charge in [0.1, 0.15) is 0 Å². The quantitative estimate of drug-likeness (QED) is 0.842. The first kappa shape index (κ1) is 17.3. The fourth-order valence-corrected chi connectivity index (χ4v) is 4.65. The summed E-state index contributed by atoms with van der Waals surface area (Å²) in [6.07, 6.45) is 0. The molecule has 0 aliphatic carbocycles. The van der Waals surface area contributed by atoms with Gasteiger partial charge in [0.25, 0.3) is 0 Å². The van der Waals surface area contributed by atoms with Crippen LogP contribution >= 0.6 is 39.7 Å². The number of thiophene rings is 1. The molecule has 1 aromatic heterocycles. The molecule has 100 valence electrons. The standard InChI is InChI=1S/C9H15BrN2O2S2.ClH/c1-6(11-3)5-12-16(13,14)8-4-9(10)15-7(8)2;/h4,6,11-12H,5H2,1-3H3;1H. The minimum Gasteiger partial charge on any atom is -0.316 e. The number of nitrogens with one attached hydrogen (secondary N) is 2. The van der Waals surface area contributed by atoms with E-state index in [1.54, 1.807) is 20.0 Å². The van der Waals surface area contributed by atoms with Crippen LogP contribution in [0.25, 0.3) is 0 Å². The van der Waals surface area contributed by atoms with E-state index in [1.165, 1.54) is 11.3 Å². The number of likely N-dealkylation sites (N-methyl/N-ethyl adjacent to an activating group) is 1. The lowest BCUT2D eigenvalue weighted by Crippen LogP contribution is -2.37. The second-order valence-corrected chi connectivity index (χ2v) is 7.88. The highest BCUT2D eigenvalue weighted by Crippen LogP contribution is 2.29. The van der Waals surface area contributed by atoms with Gasteiger partial charge in [-0.05, 0) is 42.9 Å². The molecule has 0 saturated carbocycles. The summed E-state index contributed by atoms with van der Waals surface area (Å²) in [6.45, 7) is 4.09. The molecule has 1 heterocycles. The molecule has 1 rings (SSSR count). The van der Waals surface area contributed by atoms with E-state index in [4.69, 9.17) is 0 Å². The molecule has 0 amide bonds. The maximum Gasteiger partial charge on any atom is 0.241 e. The van der Waals surface area contributed by atoms with E-state index >= 15 is 0 Å². The van der Waals surface area contributed by atoms with Gasteiger partial charge in [-0.25, -0.2) is 13.1 Å². The minimum atomic E-state index is -3.38. The van der Waals surface area contributed by atoms with Crippen LogP contribution in [0.2, 0.25) is 0 Å². The molecule has 1 atom stereocenters. The molecule has 0 bridgehead atoms. The summed E-state index contributed by atoms with van der Waals surface area (Å²) < 4.78 is 27.3. The largest absolute Gasteiger partial charge is 0.316 e. The van der Waals surface area contributed by atoms with Crippen molar-refractivity contribution in [3.8, 4) is 0 Å². The summed E-state index contributed by atoms with van der Waals surface area (Å²) in [5.74, 6) is 0. The first-order valence-corrected chi connectivity index (χ1v) is 7.89. The van der Waals surface area contributed by atoms with Gasteiger partial charge in [0.2, 0.25) is 10.0 Å². The second-order valence-electron chi connectivity index (χ2n) is 3.51. The zero-order chi connectivity index (χ0) is 12.3. The summed E-state index contributed by atoms with van der Waals surface area (Å²) in [4.78, 5) is 1.14. The van der Waals surface area contributed by atoms with Crippen molar-refractivity contribution in [2.24, 2.45) is 0 Å².